The van der Waals surface area contributed by atoms with Crippen LogP contribution in [0.5, 0.6) is 0 Å². The number of hydrogen-bond acceptors (Lipinski definition) is 3. The van der Waals surface area contributed by atoms with Crippen LogP contribution < -0.4 is 0 Å². The SMILES string of the molecule is CCCCN([SiH](C)C)[C@@](C)(CO)C(=O)O. The molecule has 0 radical (unpaired) electrons. The summed E-state index contributed by atoms with van der Waals surface area (Å²) in [4.78, 5) is 11.2. The largest absolute Gasteiger partial charge is 0.480 e. The fourth-order valence-electron chi connectivity index (χ4n) is 1.68. The van der Waals surface area contributed by atoms with Gasteiger partial charge in [0.1, 0.15) is 14.5 Å². The number of unbranched alkanes of at least 4 members (excludes halogenated alkanes) is 1. The van der Waals surface area contributed by atoms with E-state index in [9.17, 15) is 15.0 Å². The van der Waals surface area contributed by atoms with Crippen LogP contribution >= 0.6 is 0 Å². The number of aliphatic carboxylic acids is 1. The van der Waals surface area contributed by atoms with Gasteiger partial charge in [-0.05, 0) is 19.9 Å². The Kier molecular flexibility index (Phi) is 6.08. The van der Waals surface area contributed by atoms with Crippen LogP contribution in [0.15, 0.2) is 0 Å². The van der Waals surface area contributed by atoms with E-state index in [-0.39, 0.29) is 6.61 Å². The molecule has 1 atom stereocenters. The topological polar surface area (TPSA) is 60.8 Å². The molecule has 90 valence electrons. The number of hydrogen-bond donors (Lipinski definition) is 2. The smallest absolute Gasteiger partial charge is 0.325 e. The molecule has 0 unspecified atom stereocenters. The van der Waals surface area contributed by atoms with Crippen molar-refractivity contribution < 1.29 is 15.0 Å². The molecule has 0 aliphatic rings. The highest BCUT2D eigenvalue weighted by Gasteiger charge is 2.39. The van der Waals surface area contributed by atoms with Gasteiger partial charge >= 0.3 is 5.97 Å². The third-order valence-electron chi connectivity index (χ3n) is 2.78. The average molecular weight is 233 g/mol. The highest BCUT2D eigenvalue weighted by molar-refractivity contribution is 6.53. The van der Waals surface area contributed by atoms with Gasteiger partial charge in [-0.2, -0.15) is 0 Å². The number of aliphatic hydroxyl groups is 1. The minimum atomic E-state index is -1.22. The van der Waals surface area contributed by atoms with Crippen molar-refractivity contribution >= 4 is 14.9 Å². The molecule has 0 saturated carbocycles. The lowest BCUT2D eigenvalue weighted by Crippen LogP contribution is -2.59. The van der Waals surface area contributed by atoms with Crippen molar-refractivity contribution in [1.29, 1.82) is 0 Å². The van der Waals surface area contributed by atoms with Gasteiger partial charge in [-0.15, -0.1) is 0 Å². The first-order valence-electron chi connectivity index (χ1n) is 5.51. The van der Waals surface area contributed by atoms with E-state index >= 15 is 0 Å². The van der Waals surface area contributed by atoms with Crippen molar-refractivity contribution in [2.24, 2.45) is 0 Å². The van der Waals surface area contributed by atoms with Crippen LogP contribution in [0.3, 0.4) is 0 Å². The zero-order chi connectivity index (χ0) is 12.1. The van der Waals surface area contributed by atoms with Crippen LogP contribution in [0.4, 0.5) is 0 Å². The van der Waals surface area contributed by atoms with Crippen LogP contribution in [0, 0.1) is 0 Å². The maximum absolute atomic E-state index is 11.2. The molecule has 2 N–H and O–H groups in total. The predicted molar refractivity (Wildman–Crippen MR) is 63.6 cm³/mol. The molecule has 0 saturated heterocycles. The fourth-order valence-corrected chi connectivity index (χ4v) is 3.72. The number of aliphatic hydroxyl groups excluding tert-OH is 1. The molecule has 0 amide bonds. The third-order valence-corrected chi connectivity index (χ3v) is 4.85. The average Bonchev–Trinajstić information content (AvgIpc) is 2.17. The Morgan fingerprint density at radius 1 is 1.47 bits per heavy atom. The summed E-state index contributed by atoms with van der Waals surface area (Å²) in [6, 6.07) is 0. The van der Waals surface area contributed by atoms with E-state index in [1.54, 1.807) is 6.92 Å². The number of carbonyl (C=O) groups is 1. The summed E-state index contributed by atoms with van der Waals surface area (Å²) in [6.07, 6.45) is 2.02. The van der Waals surface area contributed by atoms with E-state index in [1.807, 2.05) is 4.57 Å². The van der Waals surface area contributed by atoms with Gasteiger partial charge in [0.25, 0.3) is 0 Å². The lowest BCUT2D eigenvalue weighted by atomic mass is 10.0. The molecule has 0 fully saturated rings. The van der Waals surface area contributed by atoms with Crippen molar-refractivity contribution in [3.63, 3.8) is 0 Å². The van der Waals surface area contributed by atoms with Crippen LogP contribution in [0.25, 0.3) is 0 Å². The van der Waals surface area contributed by atoms with Gasteiger partial charge in [-0.1, -0.05) is 26.4 Å². The van der Waals surface area contributed by atoms with E-state index < -0.39 is 20.5 Å². The fraction of sp³-hybridized carbons (Fsp3) is 0.900. The Bertz CT molecular complexity index is 211. The quantitative estimate of drug-likeness (QED) is 0.642. The molecule has 0 aromatic rings. The van der Waals surface area contributed by atoms with E-state index in [0.717, 1.165) is 19.4 Å². The van der Waals surface area contributed by atoms with Crippen molar-refractivity contribution in [2.75, 3.05) is 13.2 Å². The van der Waals surface area contributed by atoms with E-state index in [1.165, 1.54) is 0 Å². The molecule has 0 rings (SSSR count). The van der Waals surface area contributed by atoms with Crippen LogP contribution in [-0.2, 0) is 4.79 Å². The molecule has 5 heteroatoms. The maximum atomic E-state index is 11.2. The number of carboxylic acids is 1. The van der Waals surface area contributed by atoms with Gasteiger partial charge in [0, 0.05) is 0 Å². The van der Waals surface area contributed by atoms with Gasteiger partial charge < -0.3 is 14.8 Å². The summed E-state index contributed by atoms with van der Waals surface area (Å²) < 4.78 is 1.98. The van der Waals surface area contributed by atoms with Crippen molar-refractivity contribution in [3.8, 4) is 0 Å². The molecule has 4 nitrogen and oxygen atoms in total. The summed E-state index contributed by atoms with van der Waals surface area (Å²) in [5.41, 5.74) is -1.10. The first-order chi connectivity index (χ1) is 6.90. The summed E-state index contributed by atoms with van der Waals surface area (Å²) >= 11 is 0. The molecular formula is C10H23NO3Si. The van der Waals surface area contributed by atoms with Gasteiger partial charge in [0.15, 0.2) is 0 Å². The first-order valence-corrected chi connectivity index (χ1v) is 8.33. The number of carboxylic acid groups (broad SMARTS) is 1. The minimum absolute atomic E-state index is 0.322. The monoisotopic (exact) mass is 233 g/mol. The molecule has 0 heterocycles. The van der Waals surface area contributed by atoms with Gasteiger partial charge in [0.2, 0.25) is 0 Å². The van der Waals surface area contributed by atoms with E-state index in [4.69, 9.17) is 0 Å². The van der Waals surface area contributed by atoms with Gasteiger partial charge in [-0.25, -0.2) is 0 Å². The van der Waals surface area contributed by atoms with E-state index in [2.05, 4.69) is 20.0 Å². The molecule has 0 spiro atoms. The van der Waals surface area contributed by atoms with E-state index in [0.29, 0.717) is 0 Å². The lowest BCUT2D eigenvalue weighted by molar-refractivity contribution is -0.150. The highest BCUT2D eigenvalue weighted by atomic mass is 28.3. The second-order valence-corrected chi connectivity index (χ2v) is 7.19. The Labute approximate surface area is 93.6 Å². The summed E-state index contributed by atoms with van der Waals surface area (Å²) in [5, 5.41) is 18.4. The Balaban J connectivity index is 4.77. The molecule has 0 aromatic carbocycles. The van der Waals surface area contributed by atoms with Crippen molar-refractivity contribution in [2.45, 2.75) is 45.3 Å². The zero-order valence-electron chi connectivity index (χ0n) is 10.2. The third kappa shape index (κ3) is 3.59. The van der Waals surface area contributed by atoms with Gasteiger partial charge in [-0.3, -0.25) is 4.79 Å². The van der Waals surface area contributed by atoms with Crippen molar-refractivity contribution in [1.82, 2.24) is 4.57 Å². The highest BCUT2D eigenvalue weighted by Crippen LogP contribution is 2.18. The standard InChI is InChI=1S/C10H23NO3Si/c1-5-6-7-11(15(3)4)10(2,8-12)9(13)14/h12,15H,5-8H2,1-4H3,(H,13,14)/t10-/m0/s1. The molecule has 0 aliphatic carbocycles. The van der Waals surface area contributed by atoms with Crippen LogP contribution in [0.2, 0.25) is 13.1 Å². The normalized spacial score (nSPS) is 15.7. The van der Waals surface area contributed by atoms with Crippen LogP contribution in [-0.4, -0.2) is 48.4 Å². The van der Waals surface area contributed by atoms with Crippen molar-refractivity contribution in [3.05, 3.63) is 0 Å². The van der Waals surface area contributed by atoms with Crippen LogP contribution in [0.1, 0.15) is 26.7 Å². The molecule has 0 aromatic heterocycles. The molecule has 0 bridgehead atoms. The minimum Gasteiger partial charge on any atom is -0.480 e. The summed E-state index contributed by atoms with van der Waals surface area (Å²) in [5.74, 6) is -0.928. The first kappa shape index (κ1) is 14.6. The maximum Gasteiger partial charge on any atom is 0.325 e. The molecule has 0 aliphatic heterocycles. The molecule has 15 heavy (non-hydrogen) atoms. The molecular weight excluding hydrogens is 210 g/mol. The zero-order valence-corrected chi connectivity index (χ0v) is 11.3. The lowest BCUT2D eigenvalue weighted by Gasteiger charge is -2.39. The predicted octanol–water partition coefficient (Wildman–Crippen LogP) is 0.907. The Morgan fingerprint density at radius 3 is 2.27 bits per heavy atom. The number of nitrogens with zero attached hydrogens (tertiary/aromatic N) is 1. The summed E-state index contributed by atoms with van der Waals surface area (Å²) in [6.45, 7) is 8.31. The Morgan fingerprint density at radius 2 is 2.00 bits per heavy atom. The second-order valence-electron chi connectivity index (χ2n) is 4.38. The Hall–Kier alpha value is -0.393. The van der Waals surface area contributed by atoms with Gasteiger partial charge in [0.05, 0.1) is 6.61 Å². The second kappa shape index (κ2) is 6.25. The summed E-state index contributed by atoms with van der Waals surface area (Å²) in [7, 11) is -1.22. The number of rotatable bonds is 7.